The number of benzene rings is 1. The number of nitrogens with zero attached hydrogens (tertiary/aromatic N) is 2. The molecule has 6 heteroatoms. The van der Waals surface area contributed by atoms with Crippen molar-refractivity contribution in [2.75, 3.05) is 0 Å². The fraction of sp³-hybridized carbons (Fsp3) is 0.333. The van der Waals surface area contributed by atoms with Crippen LogP contribution in [0.15, 0.2) is 22.5 Å². The smallest absolute Gasteiger partial charge is 0.170 e. The molecule has 0 fully saturated rings. The van der Waals surface area contributed by atoms with Crippen molar-refractivity contribution in [2.45, 2.75) is 30.0 Å². The van der Waals surface area contributed by atoms with Gasteiger partial charge in [0.05, 0.1) is 0 Å². The third-order valence-corrected chi connectivity index (χ3v) is 4.74. The molecule has 2 rings (SSSR count). The average molecular weight is 300 g/mol. The summed E-state index contributed by atoms with van der Waals surface area (Å²) in [5.41, 5.74) is 7.73. The molecular weight excluding hydrogens is 286 g/mol. The second kappa shape index (κ2) is 6.52. The van der Waals surface area contributed by atoms with Crippen LogP contribution in [0, 0.1) is 0 Å². The quantitative estimate of drug-likeness (QED) is 0.859. The first-order valence-electron chi connectivity index (χ1n) is 5.65. The Morgan fingerprint density at radius 1 is 1.44 bits per heavy atom. The second-order valence-corrected chi connectivity index (χ2v) is 6.13. The van der Waals surface area contributed by atoms with Crippen LogP contribution >= 0.6 is 34.9 Å². The highest BCUT2D eigenvalue weighted by Crippen LogP contribution is 2.28. The molecule has 18 heavy (non-hydrogen) atoms. The van der Waals surface area contributed by atoms with E-state index < -0.39 is 0 Å². The molecule has 0 spiro atoms. The number of hydrogen-bond acceptors (Lipinski definition) is 5. The van der Waals surface area contributed by atoms with E-state index in [0.29, 0.717) is 6.54 Å². The Balaban J connectivity index is 2.01. The molecule has 0 bridgehead atoms. The van der Waals surface area contributed by atoms with E-state index in [1.54, 1.807) is 11.8 Å². The molecule has 1 aromatic heterocycles. The van der Waals surface area contributed by atoms with Gasteiger partial charge in [0.2, 0.25) is 0 Å². The molecule has 96 valence electrons. The van der Waals surface area contributed by atoms with Gasteiger partial charge in [-0.3, -0.25) is 0 Å². The molecule has 0 atom stereocenters. The van der Waals surface area contributed by atoms with Crippen molar-refractivity contribution in [1.82, 2.24) is 9.36 Å². The molecule has 1 aromatic carbocycles. The lowest BCUT2D eigenvalue weighted by atomic mass is 10.1. The molecule has 0 aliphatic carbocycles. The monoisotopic (exact) mass is 299 g/mol. The number of rotatable bonds is 5. The number of halogens is 1. The lowest BCUT2D eigenvalue weighted by Crippen LogP contribution is -1.96. The number of thioether (sulfide) groups is 1. The molecule has 0 aliphatic heterocycles. The molecule has 3 nitrogen and oxygen atoms in total. The molecule has 0 radical (unpaired) electrons. The van der Waals surface area contributed by atoms with Crippen LogP contribution in [-0.4, -0.2) is 9.36 Å². The van der Waals surface area contributed by atoms with Gasteiger partial charge in [-0.25, -0.2) is 4.98 Å². The molecular formula is C12H14ClN3S2. The van der Waals surface area contributed by atoms with Crippen LogP contribution in [0.2, 0.25) is 5.02 Å². The number of hydrogen-bond donors (Lipinski definition) is 1. The minimum Gasteiger partial charge on any atom is -0.326 e. The van der Waals surface area contributed by atoms with E-state index >= 15 is 0 Å². The summed E-state index contributed by atoms with van der Waals surface area (Å²) in [7, 11) is 0. The third-order valence-electron chi connectivity index (χ3n) is 2.47. The first-order chi connectivity index (χ1) is 8.72. The molecule has 0 unspecified atom stereocenters. The van der Waals surface area contributed by atoms with E-state index in [9.17, 15) is 0 Å². The van der Waals surface area contributed by atoms with Gasteiger partial charge in [0.15, 0.2) is 4.34 Å². The fourth-order valence-corrected chi connectivity index (χ4v) is 3.46. The van der Waals surface area contributed by atoms with E-state index in [-0.39, 0.29) is 0 Å². The van der Waals surface area contributed by atoms with Gasteiger partial charge in [0.25, 0.3) is 0 Å². The maximum absolute atomic E-state index is 6.21. The Hall–Kier alpha value is -0.620. The maximum atomic E-state index is 6.21. The summed E-state index contributed by atoms with van der Waals surface area (Å²) in [6.45, 7) is 2.57. The number of nitrogens with two attached hydrogens (primary N) is 1. The highest BCUT2D eigenvalue weighted by Gasteiger charge is 2.06. The van der Waals surface area contributed by atoms with Crippen molar-refractivity contribution in [3.63, 3.8) is 0 Å². The highest BCUT2D eigenvalue weighted by atomic mass is 35.5. The first-order valence-corrected chi connectivity index (χ1v) is 7.79. The Morgan fingerprint density at radius 3 is 2.89 bits per heavy atom. The van der Waals surface area contributed by atoms with E-state index in [4.69, 9.17) is 17.3 Å². The van der Waals surface area contributed by atoms with E-state index in [1.165, 1.54) is 11.5 Å². The van der Waals surface area contributed by atoms with E-state index in [0.717, 1.165) is 38.5 Å². The predicted octanol–water partition coefficient (Wildman–Crippen LogP) is 3.50. The summed E-state index contributed by atoms with van der Waals surface area (Å²) in [5.74, 6) is 1.72. The van der Waals surface area contributed by atoms with Gasteiger partial charge in [0, 0.05) is 23.7 Å². The molecule has 2 aromatic rings. The zero-order chi connectivity index (χ0) is 13.0. The van der Waals surface area contributed by atoms with Crippen molar-refractivity contribution in [3.8, 4) is 0 Å². The van der Waals surface area contributed by atoms with Crippen LogP contribution in [0.3, 0.4) is 0 Å². The van der Waals surface area contributed by atoms with Crippen LogP contribution in [0.5, 0.6) is 0 Å². The zero-order valence-corrected chi connectivity index (χ0v) is 12.4. The largest absolute Gasteiger partial charge is 0.326 e. The van der Waals surface area contributed by atoms with Crippen LogP contribution in [-0.2, 0) is 18.7 Å². The summed E-state index contributed by atoms with van der Waals surface area (Å²) >= 11 is 9.32. The average Bonchev–Trinajstić information content (AvgIpc) is 2.85. The lowest BCUT2D eigenvalue weighted by molar-refractivity contribution is 0.971. The Kier molecular flexibility index (Phi) is 5.00. The third kappa shape index (κ3) is 3.45. The van der Waals surface area contributed by atoms with Gasteiger partial charge in [0.1, 0.15) is 5.82 Å². The minimum absolute atomic E-state index is 0.517. The lowest BCUT2D eigenvalue weighted by Gasteiger charge is -2.04. The summed E-state index contributed by atoms with van der Waals surface area (Å²) in [5, 5.41) is 0.769. The molecule has 0 amide bonds. The van der Waals surface area contributed by atoms with Gasteiger partial charge in [-0.05, 0) is 28.7 Å². The van der Waals surface area contributed by atoms with Gasteiger partial charge in [-0.1, -0.05) is 42.4 Å². The van der Waals surface area contributed by atoms with Crippen molar-refractivity contribution in [2.24, 2.45) is 5.73 Å². The molecule has 0 saturated heterocycles. The van der Waals surface area contributed by atoms with Gasteiger partial charge in [-0.15, -0.1) is 0 Å². The first kappa shape index (κ1) is 13.8. The normalized spacial score (nSPS) is 10.8. The van der Waals surface area contributed by atoms with E-state index in [1.807, 2.05) is 18.2 Å². The molecule has 2 N–H and O–H groups in total. The van der Waals surface area contributed by atoms with Crippen LogP contribution < -0.4 is 5.73 Å². The van der Waals surface area contributed by atoms with Crippen LogP contribution in [0.25, 0.3) is 0 Å². The topological polar surface area (TPSA) is 51.8 Å². The summed E-state index contributed by atoms with van der Waals surface area (Å²) in [6, 6.07) is 5.97. The van der Waals surface area contributed by atoms with E-state index in [2.05, 4.69) is 16.3 Å². The van der Waals surface area contributed by atoms with Crippen molar-refractivity contribution in [3.05, 3.63) is 40.2 Å². The zero-order valence-electron chi connectivity index (χ0n) is 10.0. The predicted molar refractivity (Wildman–Crippen MR) is 78.2 cm³/mol. The Bertz CT molecular complexity index is 528. The fourth-order valence-electron chi connectivity index (χ4n) is 1.41. The summed E-state index contributed by atoms with van der Waals surface area (Å²) in [6.07, 6.45) is 0.878. The molecule has 1 heterocycles. The van der Waals surface area contributed by atoms with Crippen molar-refractivity contribution in [1.29, 1.82) is 0 Å². The van der Waals surface area contributed by atoms with Gasteiger partial charge in [-0.2, -0.15) is 4.37 Å². The Morgan fingerprint density at radius 2 is 2.28 bits per heavy atom. The van der Waals surface area contributed by atoms with Gasteiger partial charge >= 0.3 is 0 Å². The summed E-state index contributed by atoms with van der Waals surface area (Å²) < 4.78 is 5.25. The number of aromatic nitrogens is 2. The number of aryl methyl sites for hydroxylation is 1. The summed E-state index contributed by atoms with van der Waals surface area (Å²) in [4.78, 5) is 4.41. The SMILES string of the molecule is CCc1nsc(SCc2ccc(CN)cc2Cl)n1. The van der Waals surface area contributed by atoms with Gasteiger partial charge < -0.3 is 5.73 Å². The highest BCUT2D eigenvalue weighted by molar-refractivity contribution is 8.00. The van der Waals surface area contributed by atoms with Crippen molar-refractivity contribution >= 4 is 34.9 Å². The van der Waals surface area contributed by atoms with Crippen LogP contribution in [0.1, 0.15) is 23.9 Å². The minimum atomic E-state index is 0.517. The molecule has 0 saturated carbocycles. The molecule has 0 aliphatic rings. The van der Waals surface area contributed by atoms with Crippen LogP contribution in [0.4, 0.5) is 0 Å². The Labute approximate surface area is 120 Å². The van der Waals surface area contributed by atoms with Crippen molar-refractivity contribution < 1.29 is 0 Å². The standard InChI is InChI=1S/C12H14ClN3S2/c1-2-11-15-12(18-16-11)17-7-9-4-3-8(6-14)5-10(9)13/h3-5H,2,6-7,14H2,1H3. The second-order valence-electron chi connectivity index (χ2n) is 3.75. The maximum Gasteiger partial charge on any atom is 0.170 e.